The van der Waals surface area contributed by atoms with E-state index < -0.39 is 36.8 Å². The topological polar surface area (TPSA) is 165 Å². The number of aliphatic hydroxyl groups excluding tert-OH is 1. The van der Waals surface area contributed by atoms with Crippen LogP contribution in [-0.4, -0.2) is 132 Å². The molecule has 0 aliphatic rings. The normalized spacial score (nSPS) is 11.1. The molecule has 0 fully saturated rings. The van der Waals surface area contributed by atoms with Crippen molar-refractivity contribution in [2.75, 3.05) is 72.6 Å². The van der Waals surface area contributed by atoms with Crippen molar-refractivity contribution in [2.24, 2.45) is 0 Å². The number of Topliss-reactive ketones (excluding diaryl/α,β-unsaturated/α-hetero) is 2. The molecule has 166 valence electrons. The average molecular weight is 419 g/mol. The fourth-order valence-corrected chi connectivity index (χ4v) is 2.51. The molecule has 0 spiro atoms. The number of carboxylic acid groups (broad SMARTS) is 2. The lowest BCUT2D eigenvalue weighted by atomic mass is 10.3. The zero-order valence-electron chi connectivity index (χ0n) is 16.7. The first-order valence-corrected chi connectivity index (χ1v) is 8.86. The van der Waals surface area contributed by atoms with Gasteiger partial charge in [-0.2, -0.15) is 0 Å². The van der Waals surface area contributed by atoms with Crippen molar-refractivity contribution in [1.29, 1.82) is 0 Å². The Bertz CT molecular complexity index is 566. The highest BCUT2D eigenvalue weighted by molar-refractivity contribution is 5.82. The van der Waals surface area contributed by atoms with Crippen LogP contribution in [0, 0.1) is 0 Å². The molecule has 0 saturated heterocycles. The zero-order valence-corrected chi connectivity index (χ0v) is 16.7. The minimum Gasteiger partial charge on any atom is -0.480 e. The third-order valence-corrected chi connectivity index (χ3v) is 3.79. The molecule has 3 N–H and O–H groups in total. The number of methoxy groups -OCH3 is 1. The first-order chi connectivity index (χ1) is 13.6. The Morgan fingerprint density at radius 3 is 1.55 bits per heavy atom. The summed E-state index contributed by atoms with van der Waals surface area (Å²) in [5.41, 5.74) is 0. The van der Waals surface area contributed by atoms with E-state index in [2.05, 4.69) is 4.74 Å². The van der Waals surface area contributed by atoms with Crippen molar-refractivity contribution in [3.05, 3.63) is 0 Å². The van der Waals surface area contributed by atoms with Gasteiger partial charge < -0.3 is 20.1 Å². The van der Waals surface area contributed by atoms with Crippen LogP contribution in [0.1, 0.15) is 6.92 Å². The molecule has 0 heterocycles. The highest BCUT2D eigenvalue weighted by Crippen LogP contribution is 1.98. The van der Waals surface area contributed by atoms with E-state index in [4.69, 9.17) is 15.3 Å². The number of hydrogen-bond donors (Lipinski definition) is 3. The molecule has 12 nitrogen and oxygen atoms in total. The summed E-state index contributed by atoms with van der Waals surface area (Å²) >= 11 is 0. The Morgan fingerprint density at radius 1 is 0.724 bits per heavy atom. The molecular weight excluding hydrogens is 390 g/mol. The predicted octanol–water partition coefficient (Wildman–Crippen LogP) is -2.61. The fraction of sp³-hybridized carbons (Fsp3) is 0.706. The second kappa shape index (κ2) is 14.6. The van der Waals surface area contributed by atoms with E-state index in [-0.39, 0.29) is 58.1 Å². The summed E-state index contributed by atoms with van der Waals surface area (Å²) in [4.78, 5) is 60.7. The molecule has 0 aromatic carbocycles. The van der Waals surface area contributed by atoms with Gasteiger partial charge in [-0.1, -0.05) is 0 Å². The number of carboxylic acids is 2. The second-order valence-electron chi connectivity index (χ2n) is 6.46. The number of aliphatic carboxylic acids is 2. The standard InChI is InChI=1S/C17H29N3O9/c1-13(22)7-19(9-15(24)25)5-3-18(11-17(28)29-2)4-6-20(10-16(26)27)8-14(23)12-21/h21H,3-12H2,1-2H3,(H,24,25)(H,26,27). The van der Waals surface area contributed by atoms with Gasteiger partial charge in [0, 0.05) is 26.2 Å². The zero-order chi connectivity index (χ0) is 22.4. The minimum absolute atomic E-state index is 0.0610. The highest BCUT2D eigenvalue weighted by atomic mass is 16.5. The summed E-state index contributed by atoms with van der Waals surface area (Å²) in [6, 6.07) is 0. The largest absolute Gasteiger partial charge is 0.480 e. The number of nitrogens with zero attached hydrogens (tertiary/aromatic N) is 3. The lowest BCUT2D eigenvalue weighted by Gasteiger charge is -2.28. The highest BCUT2D eigenvalue weighted by Gasteiger charge is 2.19. The molecule has 0 unspecified atom stereocenters. The van der Waals surface area contributed by atoms with Gasteiger partial charge in [-0.25, -0.2) is 0 Å². The molecule has 0 aromatic heterocycles. The molecule has 0 rings (SSSR count). The first-order valence-electron chi connectivity index (χ1n) is 8.86. The van der Waals surface area contributed by atoms with Crippen LogP contribution >= 0.6 is 0 Å². The van der Waals surface area contributed by atoms with Crippen LogP contribution in [0.5, 0.6) is 0 Å². The number of aliphatic hydroxyl groups is 1. The lowest BCUT2D eigenvalue weighted by molar-refractivity contribution is -0.143. The predicted molar refractivity (Wildman–Crippen MR) is 99.4 cm³/mol. The monoisotopic (exact) mass is 419 g/mol. The fourth-order valence-electron chi connectivity index (χ4n) is 2.51. The summed E-state index contributed by atoms with van der Waals surface area (Å²) in [7, 11) is 1.21. The number of ether oxygens (including phenoxy) is 1. The maximum absolute atomic E-state index is 11.6. The Labute approximate surface area is 168 Å². The van der Waals surface area contributed by atoms with Crippen LogP contribution in [0.4, 0.5) is 0 Å². The van der Waals surface area contributed by atoms with E-state index in [0.29, 0.717) is 0 Å². The lowest BCUT2D eigenvalue weighted by Crippen LogP contribution is -2.45. The number of carbonyl (C=O) groups excluding carboxylic acids is 3. The molecule has 0 saturated carbocycles. The van der Waals surface area contributed by atoms with E-state index in [9.17, 15) is 24.0 Å². The van der Waals surface area contributed by atoms with Gasteiger partial charge in [0.1, 0.15) is 12.4 Å². The van der Waals surface area contributed by atoms with Crippen LogP contribution in [0.3, 0.4) is 0 Å². The third kappa shape index (κ3) is 14.3. The molecule has 29 heavy (non-hydrogen) atoms. The maximum Gasteiger partial charge on any atom is 0.319 e. The molecule has 0 aromatic rings. The molecule has 0 bridgehead atoms. The molecule has 12 heteroatoms. The van der Waals surface area contributed by atoms with E-state index in [1.165, 1.54) is 23.8 Å². The number of hydrogen-bond acceptors (Lipinski definition) is 10. The van der Waals surface area contributed by atoms with Crippen molar-refractivity contribution in [2.45, 2.75) is 6.92 Å². The summed E-state index contributed by atoms with van der Waals surface area (Å²) < 4.78 is 4.63. The van der Waals surface area contributed by atoms with Gasteiger partial charge in [-0.3, -0.25) is 38.7 Å². The van der Waals surface area contributed by atoms with Gasteiger partial charge in [-0.15, -0.1) is 0 Å². The van der Waals surface area contributed by atoms with Crippen LogP contribution in [0.25, 0.3) is 0 Å². The van der Waals surface area contributed by atoms with Crippen LogP contribution < -0.4 is 0 Å². The van der Waals surface area contributed by atoms with Gasteiger partial charge in [0.25, 0.3) is 0 Å². The number of esters is 1. The second-order valence-corrected chi connectivity index (χ2v) is 6.46. The van der Waals surface area contributed by atoms with Crippen molar-refractivity contribution in [3.63, 3.8) is 0 Å². The molecule has 0 aliphatic carbocycles. The quantitative estimate of drug-likeness (QED) is 0.211. The summed E-state index contributed by atoms with van der Waals surface area (Å²) in [5, 5.41) is 26.8. The smallest absolute Gasteiger partial charge is 0.319 e. The molecule has 0 atom stereocenters. The van der Waals surface area contributed by atoms with Gasteiger partial charge in [-0.05, 0) is 6.92 Å². The maximum atomic E-state index is 11.6. The Balaban J connectivity index is 5.01. The first kappa shape index (κ1) is 26.6. The Hall–Kier alpha value is -2.41. The molecule has 0 aliphatic heterocycles. The summed E-state index contributed by atoms with van der Waals surface area (Å²) in [6.07, 6.45) is 0. The van der Waals surface area contributed by atoms with Crippen molar-refractivity contribution in [1.82, 2.24) is 14.7 Å². The van der Waals surface area contributed by atoms with Gasteiger partial charge in [0.15, 0.2) is 5.78 Å². The Morgan fingerprint density at radius 2 is 1.17 bits per heavy atom. The van der Waals surface area contributed by atoms with E-state index in [1.807, 2.05) is 0 Å². The number of rotatable bonds is 17. The van der Waals surface area contributed by atoms with Crippen LogP contribution in [0.2, 0.25) is 0 Å². The van der Waals surface area contributed by atoms with Crippen molar-refractivity contribution < 1.29 is 44.0 Å². The van der Waals surface area contributed by atoms with Crippen molar-refractivity contribution >= 4 is 29.5 Å². The SMILES string of the molecule is COC(=O)CN(CCN(CC(C)=O)CC(=O)O)CCN(CC(=O)O)CC(=O)CO. The minimum atomic E-state index is -1.15. The van der Waals surface area contributed by atoms with Crippen molar-refractivity contribution in [3.8, 4) is 0 Å². The van der Waals surface area contributed by atoms with E-state index >= 15 is 0 Å². The van der Waals surface area contributed by atoms with Gasteiger partial charge in [0.05, 0.1) is 39.8 Å². The Kier molecular flexibility index (Phi) is 13.4. The van der Waals surface area contributed by atoms with Crippen LogP contribution in [-0.2, 0) is 28.7 Å². The van der Waals surface area contributed by atoms with E-state index in [1.54, 1.807) is 4.90 Å². The number of carbonyl (C=O) groups is 5. The van der Waals surface area contributed by atoms with Crippen LogP contribution in [0.15, 0.2) is 0 Å². The molecular formula is C17H29N3O9. The number of ketones is 2. The summed E-state index contributed by atoms with van der Waals surface area (Å²) in [6.45, 7) is 0.0884. The van der Waals surface area contributed by atoms with Gasteiger partial charge in [0.2, 0.25) is 0 Å². The molecule has 0 amide bonds. The average Bonchev–Trinajstić information content (AvgIpc) is 2.61. The molecule has 0 radical (unpaired) electrons. The van der Waals surface area contributed by atoms with E-state index in [0.717, 1.165) is 0 Å². The third-order valence-electron chi connectivity index (χ3n) is 3.79. The van der Waals surface area contributed by atoms with Gasteiger partial charge >= 0.3 is 17.9 Å². The summed E-state index contributed by atoms with van der Waals surface area (Å²) in [5.74, 6) is -3.54.